The number of oxazole rings is 1. The molecule has 2 N–H and O–H groups in total. The van der Waals surface area contributed by atoms with E-state index < -0.39 is 0 Å². The third-order valence-corrected chi connectivity index (χ3v) is 3.71. The molecule has 0 aliphatic rings. The predicted molar refractivity (Wildman–Crippen MR) is 96.6 cm³/mol. The summed E-state index contributed by atoms with van der Waals surface area (Å²) < 4.78 is 7.68. The molecule has 0 bridgehead atoms. The highest BCUT2D eigenvalue weighted by Crippen LogP contribution is 2.27. The minimum Gasteiger partial charge on any atom is -0.440 e. The zero-order chi connectivity index (χ0) is 18.0. The van der Waals surface area contributed by atoms with E-state index in [1.54, 1.807) is 18.6 Å². The first-order valence-corrected chi connectivity index (χ1v) is 8.25. The first-order chi connectivity index (χ1) is 11.8. The van der Waals surface area contributed by atoms with Crippen LogP contribution in [0.2, 0.25) is 0 Å². The fourth-order valence-electron chi connectivity index (χ4n) is 2.47. The van der Waals surface area contributed by atoms with Gasteiger partial charge in [0, 0.05) is 36.1 Å². The standard InChI is InChI=1S/C18H23N5O2/c1-12(10-23-8-7-19-11-23)20-17(24)21-13-5-6-15-14(9-13)22-16(25-15)18(2,3)4/h5-9,11-12H,10H2,1-4H3,(H2,20,21,24). The number of fused-ring (bicyclic) bond motifs is 1. The molecule has 1 aromatic carbocycles. The first kappa shape index (κ1) is 17.0. The van der Waals surface area contributed by atoms with Crippen LogP contribution in [0.15, 0.2) is 41.3 Å². The van der Waals surface area contributed by atoms with Crippen LogP contribution in [0.3, 0.4) is 0 Å². The van der Waals surface area contributed by atoms with E-state index in [9.17, 15) is 4.79 Å². The molecule has 7 nitrogen and oxygen atoms in total. The SMILES string of the molecule is CC(Cn1ccnc1)NC(=O)Nc1ccc2oc(C(C)(C)C)nc2c1. The normalized spacial score (nSPS) is 13.0. The number of imidazole rings is 1. The molecular formula is C18H23N5O2. The van der Waals surface area contributed by atoms with Gasteiger partial charge in [0.1, 0.15) is 5.52 Å². The minimum absolute atomic E-state index is 0.0301. The molecule has 3 rings (SSSR count). The van der Waals surface area contributed by atoms with Gasteiger partial charge in [0.25, 0.3) is 0 Å². The van der Waals surface area contributed by atoms with Crippen molar-refractivity contribution < 1.29 is 9.21 Å². The molecule has 3 aromatic rings. The summed E-state index contributed by atoms with van der Waals surface area (Å²) in [6, 6.07) is 5.15. The van der Waals surface area contributed by atoms with E-state index in [0.717, 1.165) is 5.52 Å². The summed E-state index contributed by atoms with van der Waals surface area (Å²) in [5, 5.41) is 5.74. The van der Waals surface area contributed by atoms with Gasteiger partial charge in [-0.05, 0) is 25.1 Å². The highest BCUT2D eigenvalue weighted by Gasteiger charge is 2.21. The van der Waals surface area contributed by atoms with Crippen molar-refractivity contribution in [2.24, 2.45) is 0 Å². The molecule has 132 valence electrons. The molecule has 0 radical (unpaired) electrons. The molecule has 25 heavy (non-hydrogen) atoms. The van der Waals surface area contributed by atoms with E-state index in [4.69, 9.17) is 4.42 Å². The Morgan fingerprint density at radius 3 is 2.84 bits per heavy atom. The number of aromatic nitrogens is 3. The van der Waals surface area contributed by atoms with E-state index in [1.807, 2.05) is 50.6 Å². The number of rotatable bonds is 4. The Hall–Kier alpha value is -2.83. The number of amides is 2. The lowest BCUT2D eigenvalue weighted by Crippen LogP contribution is -2.38. The zero-order valence-electron chi connectivity index (χ0n) is 14.9. The Bertz CT molecular complexity index is 861. The molecule has 0 aliphatic carbocycles. The molecule has 1 atom stereocenters. The molecule has 0 saturated heterocycles. The van der Waals surface area contributed by atoms with Crippen molar-refractivity contribution in [3.05, 3.63) is 42.8 Å². The van der Waals surface area contributed by atoms with E-state index >= 15 is 0 Å². The third kappa shape index (κ3) is 4.17. The average molecular weight is 341 g/mol. The first-order valence-electron chi connectivity index (χ1n) is 8.25. The van der Waals surface area contributed by atoms with Gasteiger partial charge in [-0.25, -0.2) is 14.8 Å². The Balaban J connectivity index is 1.64. The van der Waals surface area contributed by atoms with Crippen LogP contribution in [0, 0.1) is 0 Å². The number of carbonyl (C=O) groups is 1. The quantitative estimate of drug-likeness (QED) is 0.760. The molecule has 0 saturated carbocycles. The maximum absolute atomic E-state index is 12.2. The van der Waals surface area contributed by atoms with Crippen molar-refractivity contribution >= 4 is 22.8 Å². The third-order valence-electron chi connectivity index (χ3n) is 3.71. The van der Waals surface area contributed by atoms with Crippen LogP contribution in [0.4, 0.5) is 10.5 Å². The molecular weight excluding hydrogens is 318 g/mol. The van der Waals surface area contributed by atoms with E-state index in [-0.39, 0.29) is 17.5 Å². The Labute approximate surface area is 146 Å². The lowest BCUT2D eigenvalue weighted by molar-refractivity contribution is 0.248. The number of anilines is 1. The van der Waals surface area contributed by atoms with E-state index in [0.29, 0.717) is 23.7 Å². The average Bonchev–Trinajstić information content (AvgIpc) is 3.14. The molecule has 0 fully saturated rings. The second-order valence-electron chi connectivity index (χ2n) is 7.21. The van der Waals surface area contributed by atoms with Crippen LogP contribution in [0.5, 0.6) is 0 Å². The van der Waals surface area contributed by atoms with Gasteiger partial charge in [0.05, 0.1) is 6.33 Å². The second-order valence-corrected chi connectivity index (χ2v) is 7.21. The van der Waals surface area contributed by atoms with Gasteiger partial charge >= 0.3 is 6.03 Å². The molecule has 2 heterocycles. The maximum atomic E-state index is 12.2. The number of benzene rings is 1. The van der Waals surface area contributed by atoms with Crippen molar-refractivity contribution in [3.8, 4) is 0 Å². The van der Waals surface area contributed by atoms with Gasteiger partial charge in [-0.2, -0.15) is 0 Å². The van der Waals surface area contributed by atoms with E-state index in [1.165, 1.54) is 0 Å². The van der Waals surface area contributed by atoms with Crippen LogP contribution in [-0.4, -0.2) is 26.6 Å². The van der Waals surface area contributed by atoms with Crippen molar-refractivity contribution in [1.82, 2.24) is 19.9 Å². The summed E-state index contributed by atoms with van der Waals surface area (Å²) in [5.74, 6) is 0.679. The van der Waals surface area contributed by atoms with E-state index in [2.05, 4.69) is 20.6 Å². The van der Waals surface area contributed by atoms with Crippen LogP contribution >= 0.6 is 0 Å². The van der Waals surface area contributed by atoms with Crippen LogP contribution in [0.25, 0.3) is 11.1 Å². The molecule has 0 spiro atoms. The summed E-state index contributed by atoms with van der Waals surface area (Å²) in [4.78, 5) is 20.7. The fourth-order valence-corrected chi connectivity index (χ4v) is 2.47. The van der Waals surface area contributed by atoms with Gasteiger partial charge in [-0.3, -0.25) is 0 Å². The molecule has 1 unspecified atom stereocenters. The van der Waals surface area contributed by atoms with Crippen LogP contribution < -0.4 is 10.6 Å². The Kier molecular flexibility index (Phi) is 4.48. The highest BCUT2D eigenvalue weighted by atomic mass is 16.3. The number of urea groups is 1. The molecule has 2 amide bonds. The molecule has 2 aromatic heterocycles. The fraction of sp³-hybridized carbons (Fsp3) is 0.389. The van der Waals surface area contributed by atoms with Gasteiger partial charge in [0.15, 0.2) is 5.58 Å². The minimum atomic E-state index is -0.258. The van der Waals surface area contributed by atoms with Crippen molar-refractivity contribution in [2.75, 3.05) is 5.32 Å². The number of nitrogens with zero attached hydrogens (tertiary/aromatic N) is 3. The monoisotopic (exact) mass is 341 g/mol. The molecule has 7 heteroatoms. The van der Waals surface area contributed by atoms with Crippen molar-refractivity contribution in [1.29, 1.82) is 0 Å². The van der Waals surface area contributed by atoms with Gasteiger partial charge in [-0.1, -0.05) is 20.8 Å². The summed E-state index contributed by atoms with van der Waals surface area (Å²) >= 11 is 0. The smallest absolute Gasteiger partial charge is 0.319 e. The summed E-state index contributed by atoms with van der Waals surface area (Å²) in [6.07, 6.45) is 5.30. The second kappa shape index (κ2) is 6.58. The van der Waals surface area contributed by atoms with Crippen LogP contribution in [0.1, 0.15) is 33.6 Å². The summed E-state index contributed by atoms with van der Waals surface area (Å²) in [5.41, 5.74) is 1.96. The number of carbonyl (C=O) groups excluding carboxylic acids is 1. The maximum Gasteiger partial charge on any atom is 0.319 e. The predicted octanol–water partition coefficient (Wildman–Crippen LogP) is 3.53. The number of hydrogen-bond donors (Lipinski definition) is 2. The Morgan fingerprint density at radius 1 is 1.36 bits per heavy atom. The number of nitrogens with one attached hydrogen (secondary N) is 2. The Morgan fingerprint density at radius 2 is 2.16 bits per heavy atom. The van der Waals surface area contributed by atoms with Gasteiger partial charge < -0.3 is 19.6 Å². The highest BCUT2D eigenvalue weighted by molar-refractivity contribution is 5.91. The largest absolute Gasteiger partial charge is 0.440 e. The van der Waals surface area contributed by atoms with Crippen molar-refractivity contribution in [2.45, 2.75) is 45.7 Å². The lowest BCUT2D eigenvalue weighted by atomic mass is 9.97. The van der Waals surface area contributed by atoms with Crippen LogP contribution in [-0.2, 0) is 12.0 Å². The molecule has 0 aliphatic heterocycles. The zero-order valence-corrected chi connectivity index (χ0v) is 14.9. The lowest BCUT2D eigenvalue weighted by Gasteiger charge is -2.15. The topological polar surface area (TPSA) is 85.0 Å². The summed E-state index contributed by atoms with van der Waals surface area (Å²) in [6.45, 7) is 8.74. The van der Waals surface area contributed by atoms with Gasteiger partial charge in [-0.15, -0.1) is 0 Å². The number of hydrogen-bond acceptors (Lipinski definition) is 4. The van der Waals surface area contributed by atoms with Crippen molar-refractivity contribution in [3.63, 3.8) is 0 Å². The summed E-state index contributed by atoms with van der Waals surface area (Å²) in [7, 11) is 0. The van der Waals surface area contributed by atoms with Gasteiger partial charge in [0.2, 0.25) is 5.89 Å².